The van der Waals surface area contributed by atoms with Crippen LogP contribution in [0, 0.1) is 0 Å². The lowest BCUT2D eigenvalue weighted by molar-refractivity contribution is -0.129. The number of carbonyl (C=O) groups is 1. The molecule has 0 aromatic heterocycles. The third-order valence-corrected chi connectivity index (χ3v) is 7.88. The van der Waals surface area contributed by atoms with Gasteiger partial charge in [0.15, 0.2) is 6.29 Å². The fourth-order valence-electron chi connectivity index (χ4n) is 4.15. The number of amides is 1. The van der Waals surface area contributed by atoms with Gasteiger partial charge in [-0.3, -0.25) is 13.8 Å². The molecule has 12 heteroatoms. The molecule has 0 saturated carbocycles. The summed E-state index contributed by atoms with van der Waals surface area (Å²) in [4.78, 5) is 26.4. The summed E-state index contributed by atoms with van der Waals surface area (Å²) in [5.74, 6) is 1.06. The number of para-hydroxylation sites is 1. The van der Waals surface area contributed by atoms with Crippen LogP contribution >= 0.6 is 19.4 Å². The van der Waals surface area contributed by atoms with Gasteiger partial charge in [-0.15, -0.1) is 0 Å². The molecule has 3 atom stereocenters. The number of carbonyl (C=O) groups excluding carboxylic acids is 1. The highest BCUT2D eigenvalue weighted by atomic mass is 35.5. The molecule has 2 rings (SSSR count). The van der Waals surface area contributed by atoms with Crippen molar-refractivity contribution in [1.82, 2.24) is 9.80 Å². The maximum Gasteiger partial charge on any atom is 0.474 e. The molecule has 0 aliphatic carbocycles. The topological polar surface area (TPSA) is 107 Å². The molecule has 1 N–H and O–H groups in total. The molecule has 1 amide bonds. The first-order chi connectivity index (χ1) is 19.9. The molecule has 10 nitrogen and oxygen atoms in total. The standard InChI is InChI=1S/C30H44ClN2O8P/c1-8-33(9-2)29(34)28(31)22(3)30(41-42(35,36)38-7)40-26(20-32(4)5)21-39-27-16-11-10-14-24(27)18-17-23-13-12-15-25(19-23)37-6/h10-16,19,26,30H,8-9,17-18,20-21H2,1-7H3,(H,35,36)/b28-22+. The van der Waals surface area contributed by atoms with E-state index in [9.17, 15) is 14.3 Å². The number of likely N-dealkylation sites (N-methyl/N-ethyl adjacent to an activating group) is 2. The summed E-state index contributed by atoms with van der Waals surface area (Å²) >= 11 is 6.45. The third-order valence-electron chi connectivity index (χ3n) is 6.50. The molecule has 42 heavy (non-hydrogen) atoms. The highest BCUT2D eigenvalue weighted by Gasteiger charge is 2.32. The van der Waals surface area contributed by atoms with Crippen molar-refractivity contribution in [3.8, 4) is 11.5 Å². The molecule has 0 aliphatic heterocycles. The normalized spacial score (nSPS) is 15.0. The molecule has 0 saturated heterocycles. The zero-order valence-corrected chi connectivity index (χ0v) is 27.2. The summed E-state index contributed by atoms with van der Waals surface area (Å²) in [6, 6.07) is 15.7. The molecule has 0 spiro atoms. The van der Waals surface area contributed by atoms with E-state index in [1.807, 2.05) is 75.3 Å². The van der Waals surface area contributed by atoms with Crippen molar-refractivity contribution in [2.75, 3.05) is 54.6 Å². The van der Waals surface area contributed by atoms with Gasteiger partial charge in [0.05, 0.1) is 7.11 Å². The van der Waals surface area contributed by atoms with Gasteiger partial charge in [-0.05, 0) is 77.0 Å². The predicted octanol–water partition coefficient (Wildman–Crippen LogP) is 5.28. The lowest BCUT2D eigenvalue weighted by Gasteiger charge is -2.29. The van der Waals surface area contributed by atoms with Crippen LogP contribution in [0.4, 0.5) is 0 Å². The Morgan fingerprint density at radius 1 is 1.05 bits per heavy atom. The lowest BCUT2D eigenvalue weighted by Crippen LogP contribution is -2.38. The number of aryl methyl sites for hydroxylation is 2. The highest BCUT2D eigenvalue weighted by Crippen LogP contribution is 2.45. The van der Waals surface area contributed by atoms with E-state index in [0.717, 1.165) is 36.8 Å². The Balaban J connectivity index is 2.28. The second-order valence-electron chi connectivity index (χ2n) is 9.85. The maximum atomic E-state index is 12.9. The van der Waals surface area contributed by atoms with Crippen LogP contribution in [-0.4, -0.2) is 87.6 Å². The summed E-state index contributed by atoms with van der Waals surface area (Å²) in [5, 5.41) is -0.160. The molecule has 0 aliphatic rings. The third kappa shape index (κ3) is 11.3. The number of halogens is 1. The van der Waals surface area contributed by atoms with Gasteiger partial charge < -0.3 is 28.9 Å². The molecule has 0 bridgehead atoms. The van der Waals surface area contributed by atoms with Crippen LogP contribution in [0.5, 0.6) is 11.5 Å². The molecular weight excluding hydrogens is 583 g/mol. The quantitative estimate of drug-likeness (QED) is 0.134. The minimum atomic E-state index is -4.52. The van der Waals surface area contributed by atoms with E-state index >= 15 is 0 Å². The van der Waals surface area contributed by atoms with E-state index < -0.39 is 26.1 Å². The fraction of sp³-hybridized carbons (Fsp3) is 0.500. The van der Waals surface area contributed by atoms with Crippen molar-refractivity contribution in [1.29, 1.82) is 0 Å². The summed E-state index contributed by atoms with van der Waals surface area (Å²) in [6.07, 6.45) is -0.571. The van der Waals surface area contributed by atoms with Crippen molar-refractivity contribution >= 4 is 25.3 Å². The van der Waals surface area contributed by atoms with E-state index in [-0.39, 0.29) is 17.2 Å². The Labute approximate surface area is 254 Å². The van der Waals surface area contributed by atoms with Crippen molar-refractivity contribution in [3.05, 3.63) is 70.3 Å². The van der Waals surface area contributed by atoms with Gasteiger partial charge in [0.25, 0.3) is 5.91 Å². The minimum absolute atomic E-state index is 0.0891. The number of phosphoric acid groups is 1. The first-order valence-corrected chi connectivity index (χ1v) is 15.7. The zero-order valence-electron chi connectivity index (χ0n) is 25.5. The van der Waals surface area contributed by atoms with Crippen LogP contribution in [0.1, 0.15) is 31.9 Å². The largest absolute Gasteiger partial charge is 0.497 e. The Bertz CT molecular complexity index is 1220. The fourth-order valence-corrected chi connectivity index (χ4v) is 4.89. The SMILES string of the molecule is CCN(CC)C(=O)/C(Cl)=C(/C)C(OC(COc1ccccc1CCc1cccc(OC)c1)CN(C)C)OP(=O)(O)OC. The van der Waals surface area contributed by atoms with E-state index in [4.69, 9.17) is 30.3 Å². The predicted molar refractivity (Wildman–Crippen MR) is 164 cm³/mol. The Hall–Kier alpha value is -2.43. The highest BCUT2D eigenvalue weighted by molar-refractivity contribution is 7.47. The number of rotatable bonds is 18. The number of nitrogens with zero attached hydrogens (tertiary/aromatic N) is 2. The van der Waals surface area contributed by atoms with E-state index in [0.29, 0.717) is 25.4 Å². The Morgan fingerprint density at radius 2 is 1.74 bits per heavy atom. The zero-order chi connectivity index (χ0) is 31.3. The number of ether oxygens (including phenoxy) is 3. The number of methoxy groups -OCH3 is 1. The number of hydrogen-bond acceptors (Lipinski definition) is 8. The van der Waals surface area contributed by atoms with Gasteiger partial charge in [-0.25, -0.2) is 4.57 Å². The van der Waals surface area contributed by atoms with Gasteiger partial charge in [0, 0.05) is 32.3 Å². The molecule has 3 unspecified atom stereocenters. The molecule has 0 heterocycles. The van der Waals surface area contributed by atoms with Crippen LogP contribution < -0.4 is 9.47 Å². The van der Waals surface area contributed by atoms with E-state index in [1.54, 1.807) is 7.11 Å². The van der Waals surface area contributed by atoms with Crippen molar-refractivity contribution < 1.29 is 37.5 Å². The van der Waals surface area contributed by atoms with Crippen molar-refractivity contribution in [2.24, 2.45) is 0 Å². The van der Waals surface area contributed by atoms with Crippen LogP contribution in [0.2, 0.25) is 0 Å². The van der Waals surface area contributed by atoms with Crippen molar-refractivity contribution in [2.45, 2.75) is 46.0 Å². The Morgan fingerprint density at radius 3 is 2.36 bits per heavy atom. The maximum absolute atomic E-state index is 12.9. The summed E-state index contributed by atoms with van der Waals surface area (Å²) in [6.45, 7) is 6.53. The number of phosphoric ester groups is 1. The molecule has 234 valence electrons. The Kier molecular flexibility index (Phi) is 15.0. The van der Waals surface area contributed by atoms with Gasteiger partial charge in [0.1, 0.15) is 29.2 Å². The average molecular weight is 627 g/mol. The van der Waals surface area contributed by atoms with Gasteiger partial charge in [0.2, 0.25) is 0 Å². The molecule has 2 aromatic carbocycles. The minimum Gasteiger partial charge on any atom is -0.497 e. The van der Waals surface area contributed by atoms with Gasteiger partial charge in [-0.1, -0.05) is 41.9 Å². The van der Waals surface area contributed by atoms with Crippen LogP contribution in [0.15, 0.2) is 59.1 Å². The second kappa shape index (κ2) is 17.6. The lowest BCUT2D eigenvalue weighted by atomic mass is 10.0. The monoisotopic (exact) mass is 626 g/mol. The molecular formula is C30H44ClN2O8P. The van der Waals surface area contributed by atoms with Gasteiger partial charge >= 0.3 is 7.82 Å². The molecule has 0 radical (unpaired) electrons. The van der Waals surface area contributed by atoms with Gasteiger partial charge in [-0.2, -0.15) is 0 Å². The number of benzene rings is 2. The van der Waals surface area contributed by atoms with E-state index in [2.05, 4.69) is 10.6 Å². The smallest absolute Gasteiger partial charge is 0.474 e. The summed E-state index contributed by atoms with van der Waals surface area (Å²) in [5.41, 5.74) is 2.30. The van der Waals surface area contributed by atoms with Crippen LogP contribution in [-0.2, 0) is 36.0 Å². The average Bonchev–Trinajstić information content (AvgIpc) is 2.98. The van der Waals surface area contributed by atoms with Crippen molar-refractivity contribution in [3.63, 3.8) is 0 Å². The summed E-state index contributed by atoms with van der Waals surface area (Å²) < 4.78 is 40.1. The summed E-state index contributed by atoms with van der Waals surface area (Å²) in [7, 11) is 1.90. The first kappa shape index (κ1) is 35.8. The molecule has 0 fully saturated rings. The van der Waals surface area contributed by atoms with Crippen LogP contribution in [0.25, 0.3) is 0 Å². The first-order valence-electron chi connectivity index (χ1n) is 13.8. The van der Waals surface area contributed by atoms with E-state index in [1.165, 1.54) is 11.8 Å². The number of hydrogen-bond donors (Lipinski definition) is 1. The molecule has 2 aromatic rings. The van der Waals surface area contributed by atoms with Crippen LogP contribution in [0.3, 0.4) is 0 Å². The second-order valence-corrected chi connectivity index (χ2v) is 11.7.